The van der Waals surface area contributed by atoms with Crippen molar-refractivity contribution in [2.75, 3.05) is 6.79 Å². The fourth-order valence-electron chi connectivity index (χ4n) is 3.90. The summed E-state index contributed by atoms with van der Waals surface area (Å²) in [4.78, 5) is 26.8. The molecule has 10 heteroatoms. The van der Waals surface area contributed by atoms with E-state index in [9.17, 15) is 23.6 Å². The van der Waals surface area contributed by atoms with E-state index >= 15 is 0 Å². The largest absolute Gasteiger partial charge is 0.454 e. The highest BCUT2D eigenvalue weighted by molar-refractivity contribution is 7.07. The van der Waals surface area contributed by atoms with Crippen molar-refractivity contribution in [2.24, 2.45) is 0 Å². The summed E-state index contributed by atoms with van der Waals surface area (Å²) in [6, 6.07) is 21.4. The third-order valence-corrected chi connectivity index (χ3v) is 6.81. The van der Waals surface area contributed by atoms with Crippen LogP contribution in [0.15, 0.2) is 77.6 Å². The van der Waals surface area contributed by atoms with Gasteiger partial charge < -0.3 is 14.2 Å². The maximum atomic E-state index is 13.6. The van der Waals surface area contributed by atoms with Crippen LogP contribution < -0.4 is 29.0 Å². The van der Waals surface area contributed by atoms with Crippen molar-refractivity contribution in [3.05, 3.63) is 109 Å². The molecule has 2 heterocycles. The van der Waals surface area contributed by atoms with Gasteiger partial charge >= 0.3 is 6.61 Å². The van der Waals surface area contributed by atoms with Crippen LogP contribution in [0, 0.1) is 11.3 Å². The predicted octanol–water partition coefficient (Wildman–Crippen LogP) is 3.67. The monoisotopic (exact) mass is 532 g/mol. The third kappa shape index (κ3) is 5.19. The third-order valence-electron chi connectivity index (χ3n) is 5.68. The number of thiazole rings is 1. The summed E-state index contributed by atoms with van der Waals surface area (Å²) < 4.78 is 41.9. The molecule has 1 aromatic heterocycles. The van der Waals surface area contributed by atoms with Crippen molar-refractivity contribution >= 4 is 28.8 Å². The summed E-state index contributed by atoms with van der Waals surface area (Å²) in [6.07, 6.45) is 1.57. The summed E-state index contributed by atoms with van der Waals surface area (Å²) in [5, 5.41) is 9.98. The Morgan fingerprint density at radius 2 is 1.82 bits per heavy atom. The Morgan fingerprint density at radius 1 is 1.08 bits per heavy atom. The Morgan fingerprint density at radius 3 is 2.53 bits per heavy atom. The van der Waals surface area contributed by atoms with Crippen LogP contribution in [-0.2, 0) is 6.54 Å². The van der Waals surface area contributed by atoms with E-state index in [2.05, 4.69) is 4.74 Å². The predicted molar refractivity (Wildman–Crippen MR) is 136 cm³/mol. The summed E-state index contributed by atoms with van der Waals surface area (Å²) in [5.41, 5.74) is 1.00. The summed E-state index contributed by atoms with van der Waals surface area (Å²) in [6.45, 7) is -2.78. The molecule has 0 fully saturated rings. The van der Waals surface area contributed by atoms with Gasteiger partial charge in [-0.15, -0.1) is 11.3 Å². The van der Waals surface area contributed by atoms with Crippen LogP contribution in [0.1, 0.15) is 21.5 Å². The van der Waals surface area contributed by atoms with Gasteiger partial charge in [0.05, 0.1) is 11.1 Å². The zero-order valence-corrected chi connectivity index (χ0v) is 20.4. The van der Waals surface area contributed by atoms with Gasteiger partial charge in [-0.1, -0.05) is 48.5 Å². The van der Waals surface area contributed by atoms with Crippen LogP contribution in [0.4, 0.5) is 8.78 Å². The molecule has 1 aliphatic rings. The summed E-state index contributed by atoms with van der Waals surface area (Å²) in [7, 11) is 0. The molecule has 4 aromatic rings. The first-order valence-corrected chi connectivity index (χ1v) is 12.1. The van der Waals surface area contributed by atoms with Crippen LogP contribution >= 0.6 is 11.3 Å². The van der Waals surface area contributed by atoms with E-state index in [0.29, 0.717) is 28.2 Å². The normalized spacial score (nSPS) is 13.4. The number of fused-ring (bicyclic) bond motifs is 1. The van der Waals surface area contributed by atoms with Gasteiger partial charge in [0.2, 0.25) is 12.6 Å². The zero-order valence-electron chi connectivity index (χ0n) is 19.6. The van der Waals surface area contributed by atoms with Gasteiger partial charge in [0.25, 0.3) is 5.56 Å². The van der Waals surface area contributed by atoms with Gasteiger partial charge in [-0.05, 0) is 41.5 Å². The molecule has 38 heavy (non-hydrogen) atoms. The smallest absolute Gasteiger partial charge is 0.387 e. The van der Waals surface area contributed by atoms with Gasteiger partial charge in [-0.25, -0.2) is 0 Å². The molecular weight excluding hydrogens is 514 g/mol. The number of nitriles is 1. The number of halogens is 2. The molecule has 0 radical (unpaired) electrons. The molecule has 0 N–H and O–H groups in total. The van der Waals surface area contributed by atoms with Crippen LogP contribution in [0.3, 0.4) is 0 Å². The number of hydrogen-bond donors (Lipinski definition) is 0. The number of hydrogen-bond acceptors (Lipinski definition) is 7. The fraction of sp³-hybridized carbons (Fsp3) is 0.107. The first-order chi connectivity index (χ1) is 18.4. The molecule has 0 spiro atoms. The van der Waals surface area contributed by atoms with E-state index in [1.807, 2.05) is 6.07 Å². The molecule has 0 bridgehead atoms. The lowest BCUT2D eigenvalue weighted by atomic mass is 10.1. The second kappa shape index (κ2) is 10.7. The van der Waals surface area contributed by atoms with Crippen molar-refractivity contribution in [1.29, 1.82) is 5.26 Å². The number of nitrogens with zero attached hydrogens (tertiary/aromatic N) is 2. The lowest BCUT2D eigenvalue weighted by molar-refractivity contribution is -0.0498. The molecule has 5 rings (SSSR count). The number of Topliss-reactive ketones (excluding diaryl/α,β-unsaturated/α-hetero) is 1. The molecule has 0 aliphatic carbocycles. The molecule has 190 valence electrons. The molecule has 0 amide bonds. The van der Waals surface area contributed by atoms with E-state index in [1.165, 1.54) is 28.8 Å². The Hall–Kier alpha value is -4.75. The molecule has 3 aromatic carbocycles. The number of aromatic nitrogens is 1. The van der Waals surface area contributed by atoms with Crippen LogP contribution in [-0.4, -0.2) is 23.8 Å². The Labute approximate surface area is 218 Å². The van der Waals surface area contributed by atoms with Crippen molar-refractivity contribution in [3.8, 4) is 23.3 Å². The molecule has 0 atom stereocenters. The number of ketones is 1. The topological polar surface area (TPSA) is 90.6 Å². The maximum absolute atomic E-state index is 13.6. The number of alkyl halides is 2. The van der Waals surface area contributed by atoms with Crippen LogP contribution in [0.5, 0.6) is 17.2 Å². The van der Waals surface area contributed by atoms with Crippen molar-refractivity contribution in [3.63, 3.8) is 0 Å². The minimum Gasteiger partial charge on any atom is -0.454 e. The van der Waals surface area contributed by atoms with Gasteiger partial charge in [0.15, 0.2) is 11.5 Å². The van der Waals surface area contributed by atoms with Gasteiger partial charge in [0, 0.05) is 5.56 Å². The highest BCUT2D eigenvalue weighted by Gasteiger charge is 2.19. The number of ether oxygens (including phenoxy) is 3. The molecule has 7 nitrogen and oxygen atoms in total. The second-order valence-electron chi connectivity index (χ2n) is 8.12. The number of benzene rings is 3. The average molecular weight is 533 g/mol. The highest BCUT2D eigenvalue weighted by Crippen LogP contribution is 2.32. The first kappa shape index (κ1) is 24.9. The summed E-state index contributed by atoms with van der Waals surface area (Å²) in [5.74, 6) is 0.602. The SMILES string of the molecule is N#C/C(C(=O)c1ccccc1)=c1\s/c(=C\c2ccc(OC(F)F)cc2)c(=O)n1Cc1ccc2c(c1)OCO2. The molecule has 0 saturated carbocycles. The number of carbonyl (C=O) groups excluding carboxylic acids is 1. The molecular formula is C28H18F2N2O5S. The minimum absolute atomic E-state index is 0.0159. The van der Waals surface area contributed by atoms with E-state index in [1.54, 1.807) is 54.6 Å². The quantitative estimate of drug-likeness (QED) is 0.338. The van der Waals surface area contributed by atoms with E-state index in [-0.39, 0.29) is 33.9 Å². The molecule has 0 saturated heterocycles. The summed E-state index contributed by atoms with van der Waals surface area (Å²) >= 11 is 1.00. The Kier molecular flexibility index (Phi) is 7.02. The average Bonchev–Trinajstić information content (AvgIpc) is 3.50. The van der Waals surface area contributed by atoms with Crippen LogP contribution in [0.25, 0.3) is 11.6 Å². The Balaban J connectivity index is 1.65. The van der Waals surface area contributed by atoms with Crippen molar-refractivity contribution < 1.29 is 27.8 Å². The number of rotatable bonds is 7. The highest BCUT2D eigenvalue weighted by atomic mass is 32.1. The van der Waals surface area contributed by atoms with Gasteiger partial charge in [-0.3, -0.25) is 14.2 Å². The van der Waals surface area contributed by atoms with E-state index in [4.69, 9.17) is 9.47 Å². The van der Waals surface area contributed by atoms with Crippen LogP contribution in [0.2, 0.25) is 0 Å². The van der Waals surface area contributed by atoms with Crippen molar-refractivity contribution in [2.45, 2.75) is 13.2 Å². The fourth-order valence-corrected chi connectivity index (χ4v) is 5.00. The first-order valence-electron chi connectivity index (χ1n) is 11.3. The minimum atomic E-state index is -2.95. The van der Waals surface area contributed by atoms with Gasteiger partial charge in [0.1, 0.15) is 22.1 Å². The lowest BCUT2D eigenvalue weighted by Crippen LogP contribution is -2.33. The van der Waals surface area contributed by atoms with E-state index in [0.717, 1.165) is 11.3 Å². The lowest BCUT2D eigenvalue weighted by Gasteiger charge is -2.06. The van der Waals surface area contributed by atoms with Gasteiger partial charge in [-0.2, -0.15) is 14.0 Å². The molecule has 0 unspecified atom stereocenters. The Bertz CT molecular complexity index is 1720. The molecule has 1 aliphatic heterocycles. The standard InChI is InChI=1S/C28H18F2N2O5S/c29-28(30)37-20-9-6-17(7-10-20)13-24-26(34)32(15-18-8-11-22-23(12-18)36-16-35-22)27(38-24)21(14-31)25(33)19-4-2-1-3-5-19/h1-13,28H,15-16H2/b24-13-,27-21+. The second-order valence-corrected chi connectivity index (χ2v) is 9.15. The van der Waals surface area contributed by atoms with E-state index < -0.39 is 18.0 Å². The zero-order chi connectivity index (χ0) is 26.6. The number of carbonyl (C=O) groups is 1. The maximum Gasteiger partial charge on any atom is 0.387 e. The van der Waals surface area contributed by atoms with Crippen molar-refractivity contribution in [1.82, 2.24) is 4.57 Å².